The predicted molar refractivity (Wildman–Crippen MR) is 212 cm³/mol. The molecule has 0 aliphatic carbocycles. The Kier molecular flexibility index (Phi) is 5.00. The largest absolute Gasteiger partial charge is 0.455 e. The minimum Gasteiger partial charge on any atom is -0.455 e. The van der Waals surface area contributed by atoms with E-state index in [2.05, 4.69) is 36.4 Å². The van der Waals surface area contributed by atoms with E-state index in [0.29, 0.717) is 33.2 Å². The highest BCUT2D eigenvalue weighted by molar-refractivity contribution is 6.24. The summed E-state index contributed by atoms with van der Waals surface area (Å²) in [5.41, 5.74) is 7.28. The van der Waals surface area contributed by atoms with Crippen molar-refractivity contribution in [2.45, 2.75) is 6.42 Å². The Balaban J connectivity index is 1.31. The Morgan fingerprint density at radius 3 is 1.84 bits per heavy atom. The summed E-state index contributed by atoms with van der Waals surface area (Å²) >= 11 is 0. The third-order valence-corrected chi connectivity index (χ3v) is 9.82. The van der Waals surface area contributed by atoms with Gasteiger partial charge in [-0.1, -0.05) is 170 Å². The summed E-state index contributed by atoms with van der Waals surface area (Å²) in [5, 5.41) is 4.16. The van der Waals surface area contributed by atoms with Crippen LogP contribution in [0.3, 0.4) is 0 Å². The lowest BCUT2D eigenvalue weighted by Gasteiger charge is -2.19. The van der Waals surface area contributed by atoms with Gasteiger partial charge in [-0.3, -0.25) is 0 Å². The van der Waals surface area contributed by atoms with E-state index in [1.165, 1.54) is 0 Å². The molecule has 0 fully saturated rings. The van der Waals surface area contributed by atoms with Crippen molar-refractivity contribution < 1.29 is 15.4 Å². The first-order valence-corrected chi connectivity index (χ1v) is 16.7. The minimum atomic E-state index is -0.431. The van der Waals surface area contributed by atoms with Crippen LogP contribution < -0.4 is 0 Å². The second kappa shape index (κ2) is 11.6. The Labute approximate surface area is 301 Å². The molecule has 0 radical (unpaired) electrons. The lowest BCUT2D eigenvalue weighted by atomic mass is 9.84. The first-order chi connectivity index (χ1) is 28.1. The molecule has 10 rings (SSSR count). The van der Waals surface area contributed by atoms with Gasteiger partial charge in [0.1, 0.15) is 11.2 Å². The Morgan fingerprint density at radius 1 is 0.440 bits per heavy atom. The van der Waals surface area contributed by atoms with Crippen molar-refractivity contribution in [1.29, 1.82) is 0 Å². The first-order valence-electron chi connectivity index (χ1n) is 20.7. The molecule has 0 aliphatic rings. The summed E-state index contributed by atoms with van der Waals surface area (Å²) in [5.74, 6) is 0. The van der Waals surface area contributed by atoms with Crippen LogP contribution in [-0.2, 0) is 6.42 Å². The molecule has 1 heteroatoms. The molecule has 0 amide bonds. The maximum atomic E-state index is 9.49. The van der Waals surface area contributed by atoms with Crippen LogP contribution in [0.15, 0.2) is 186 Å². The molecule has 234 valence electrons. The van der Waals surface area contributed by atoms with E-state index in [0.717, 1.165) is 44.0 Å². The molecule has 9 aromatic carbocycles. The molecule has 1 nitrogen and oxygen atoms in total. The van der Waals surface area contributed by atoms with E-state index in [1.807, 2.05) is 97.1 Å². The fraction of sp³-hybridized carbons (Fsp3) is 0.0204. The third-order valence-electron chi connectivity index (χ3n) is 9.82. The van der Waals surface area contributed by atoms with Crippen molar-refractivity contribution in [2.75, 3.05) is 0 Å². The van der Waals surface area contributed by atoms with E-state index in [9.17, 15) is 5.48 Å². The van der Waals surface area contributed by atoms with Crippen LogP contribution in [0.2, 0.25) is 0 Å². The fourth-order valence-electron chi connectivity index (χ4n) is 7.53. The lowest BCUT2D eigenvalue weighted by Crippen LogP contribution is -1.97. The molecular formula is C49H32O. The van der Waals surface area contributed by atoms with Crippen molar-refractivity contribution in [2.24, 2.45) is 0 Å². The smallest absolute Gasteiger partial charge is 0.143 e. The van der Waals surface area contributed by atoms with Gasteiger partial charge in [0.2, 0.25) is 0 Å². The molecule has 0 unspecified atom stereocenters. The molecule has 50 heavy (non-hydrogen) atoms. The standard InChI is InChI=1S/C49H32O/c1-2-13-32(14-3-1)33-25-27-35(28-26-33)37-17-6-5-16-36(37)31-45-39-19-8-10-21-41(39)47(42-22-11-9-20-40(42)45)43-23-12-24-46-48(43)44-30-29-34-15-4-7-18-38(34)49(44)50-46/h1-30H,31H2/i8D,9D,10D,11D,19D,20D,21D,22D. The van der Waals surface area contributed by atoms with Crippen LogP contribution in [-0.4, -0.2) is 0 Å². The molecule has 0 bridgehead atoms. The summed E-state index contributed by atoms with van der Waals surface area (Å²) in [6, 6.07) is 40.7. The molecule has 0 saturated carbocycles. The van der Waals surface area contributed by atoms with Crippen molar-refractivity contribution in [3.8, 4) is 33.4 Å². The third kappa shape index (κ3) is 4.55. The van der Waals surface area contributed by atoms with Crippen LogP contribution in [0.5, 0.6) is 0 Å². The normalized spacial score (nSPS) is 13.9. The number of furan rings is 1. The molecule has 0 N–H and O–H groups in total. The average Bonchev–Trinajstić information content (AvgIpc) is 3.66. The quantitative estimate of drug-likeness (QED) is 0.170. The molecule has 1 heterocycles. The summed E-state index contributed by atoms with van der Waals surface area (Å²) in [6.45, 7) is 0. The predicted octanol–water partition coefficient (Wildman–Crippen LogP) is 13.6. The van der Waals surface area contributed by atoms with E-state index >= 15 is 0 Å². The number of fused-ring (bicyclic) bond motifs is 7. The van der Waals surface area contributed by atoms with Gasteiger partial charge in [0.05, 0.1) is 11.0 Å². The highest BCUT2D eigenvalue weighted by atomic mass is 16.3. The minimum absolute atomic E-state index is 0.124. The van der Waals surface area contributed by atoms with Crippen LogP contribution >= 0.6 is 0 Å². The van der Waals surface area contributed by atoms with Gasteiger partial charge < -0.3 is 4.42 Å². The summed E-state index contributed by atoms with van der Waals surface area (Å²) < 4.78 is 80.1. The lowest BCUT2D eigenvalue weighted by molar-refractivity contribution is 0.673. The second-order valence-corrected chi connectivity index (χ2v) is 12.6. The zero-order valence-corrected chi connectivity index (χ0v) is 26.8. The maximum Gasteiger partial charge on any atom is 0.143 e. The van der Waals surface area contributed by atoms with Gasteiger partial charge in [0.25, 0.3) is 0 Å². The number of hydrogen-bond acceptors (Lipinski definition) is 1. The fourth-order valence-corrected chi connectivity index (χ4v) is 7.53. The Bertz CT molecular complexity index is 3250. The van der Waals surface area contributed by atoms with Gasteiger partial charge in [-0.2, -0.15) is 0 Å². The highest BCUT2D eigenvalue weighted by Gasteiger charge is 2.21. The van der Waals surface area contributed by atoms with E-state index in [-0.39, 0.29) is 52.1 Å². The van der Waals surface area contributed by atoms with Crippen molar-refractivity contribution in [1.82, 2.24) is 0 Å². The molecule has 0 atom stereocenters. The molecule has 10 aromatic rings. The SMILES string of the molecule is [2H]c1c([2H])c([2H])c2c(-c3cccc4oc5c6ccccc6ccc5c34)c3c([2H])c([2H])c([2H])c([2H])c3c(Cc3ccccc3-c3ccc(-c4ccccc4)cc3)c2c1[2H]. The van der Waals surface area contributed by atoms with Crippen molar-refractivity contribution in [3.63, 3.8) is 0 Å². The van der Waals surface area contributed by atoms with Gasteiger partial charge in [-0.25, -0.2) is 0 Å². The number of hydrogen-bond donors (Lipinski definition) is 0. The van der Waals surface area contributed by atoms with Crippen LogP contribution in [0, 0.1) is 0 Å². The molecule has 1 aromatic heterocycles. The number of benzene rings is 9. The highest BCUT2D eigenvalue weighted by Crippen LogP contribution is 2.46. The average molecular weight is 645 g/mol. The Hall–Kier alpha value is -6.44. The maximum absolute atomic E-state index is 9.49. The van der Waals surface area contributed by atoms with Gasteiger partial charge >= 0.3 is 0 Å². The van der Waals surface area contributed by atoms with Gasteiger partial charge in [0, 0.05) is 16.2 Å². The van der Waals surface area contributed by atoms with E-state index in [1.54, 1.807) is 0 Å². The van der Waals surface area contributed by atoms with E-state index in [4.69, 9.17) is 9.90 Å². The zero-order valence-electron chi connectivity index (χ0n) is 34.8. The monoisotopic (exact) mass is 644 g/mol. The van der Waals surface area contributed by atoms with Crippen LogP contribution in [0.25, 0.3) is 87.6 Å². The number of rotatable bonds is 5. The summed E-state index contributed by atoms with van der Waals surface area (Å²) in [6.07, 6.45) is 0.124. The van der Waals surface area contributed by atoms with Gasteiger partial charge in [0.15, 0.2) is 0 Å². The second-order valence-electron chi connectivity index (χ2n) is 12.6. The molecule has 0 aliphatic heterocycles. The summed E-state index contributed by atoms with van der Waals surface area (Å²) in [4.78, 5) is 0. The van der Waals surface area contributed by atoms with Crippen LogP contribution in [0.1, 0.15) is 22.1 Å². The molecular weight excluding hydrogens is 605 g/mol. The Morgan fingerprint density at radius 2 is 1.06 bits per heavy atom. The van der Waals surface area contributed by atoms with E-state index < -0.39 is 24.2 Å². The molecule has 0 spiro atoms. The zero-order chi connectivity index (χ0) is 40.0. The summed E-state index contributed by atoms with van der Waals surface area (Å²) in [7, 11) is 0. The van der Waals surface area contributed by atoms with Gasteiger partial charge in [-0.05, 0) is 90.0 Å². The van der Waals surface area contributed by atoms with Crippen molar-refractivity contribution in [3.05, 3.63) is 193 Å². The van der Waals surface area contributed by atoms with Gasteiger partial charge in [-0.15, -0.1) is 0 Å². The topological polar surface area (TPSA) is 13.1 Å². The first kappa shape index (κ1) is 21.5. The van der Waals surface area contributed by atoms with Crippen LogP contribution in [0.4, 0.5) is 0 Å². The molecule has 0 saturated heterocycles. The van der Waals surface area contributed by atoms with Crippen molar-refractivity contribution >= 4 is 54.3 Å².